The number of carbonyl (C=O) groups is 1. The number of hydrogen-bond donors (Lipinski definition) is 2. The molecule has 1 saturated heterocycles. The summed E-state index contributed by atoms with van der Waals surface area (Å²) in [6.07, 6.45) is 2.63. The summed E-state index contributed by atoms with van der Waals surface area (Å²) < 4.78 is 3.56. The summed E-state index contributed by atoms with van der Waals surface area (Å²) in [6, 6.07) is 16.6. The number of rotatable bonds is 4. The Morgan fingerprint density at radius 1 is 1.12 bits per heavy atom. The lowest BCUT2D eigenvalue weighted by atomic mass is 10.0. The zero-order valence-electron chi connectivity index (χ0n) is 17.5. The third kappa shape index (κ3) is 3.59. The molecule has 7 nitrogen and oxygen atoms in total. The molecule has 32 heavy (non-hydrogen) atoms. The topological polar surface area (TPSA) is 89.1 Å². The monoisotopic (exact) mass is 450 g/mol. The van der Waals surface area contributed by atoms with Gasteiger partial charge in [0, 0.05) is 12.7 Å². The molecule has 0 bridgehead atoms. The molecule has 1 fully saturated rings. The maximum Gasteiger partial charge on any atom is 0.335 e. The number of aromatic nitrogens is 3. The highest BCUT2D eigenvalue weighted by molar-refractivity contribution is 5.88. The first kappa shape index (κ1) is 21.8. The van der Waals surface area contributed by atoms with Gasteiger partial charge < -0.3 is 10.4 Å². The molecule has 2 aromatic carbocycles. The largest absolute Gasteiger partial charge is 0.478 e. The molecule has 0 spiro atoms. The van der Waals surface area contributed by atoms with Gasteiger partial charge in [-0.05, 0) is 73.0 Å². The maximum absolute atomic E-state index is 13.5. The summed E-state index contributed by atoms with van der Waals surface area (Å²) in [5.74, 6) is -0.945. The molecular formula is C24H23ClN4O3. The van der Waals surface area contributed by atoms with Crippen LogP contribution in [-0.4, -0.2) is 38.3 Å². The lowest BCUT2D eigenvalue weighted by molar-refractivity contribution is 0.0697. The maximum atomic E-state index is 13.5. The molecular weight excluding hydrogens is 428 g/mol. The predicted octanol–water partition coefficient (Wildman–Crippen LogP) is 3.82. The average molecular weight is 451 g/mol. The van der Waals surface area contributed by atoms with Crippen LogP contribution in [0, 0.1) is 6.92 Å². The standard InChI is InChI=1S/C24H22N4O3.ClH/c1-15-13-18(16-4-6-17(7-5-16)23(29)30)8-9-20(15)28-21-3-2-11-26-22(21)27(24(28)31)19-10-12-25-14-19;/h2-9,11,13,19,25H,10,12,14H2,1H3,(H,29,30);1H. The second kappa shape index (κ2) is 8.61. The summed E-state index contributed by atoms with van der Waals surface area (Å²) in [7, 11) is 0. The van der Waals surface area contributed by atoms with E-state index in [9.17, 15) is 9.59 Å². The van der Waals surface area contributed by atoms with Gasteiger partial charge in [0.15, 0.2) is 5.65 Å². The van der Waals surface area contributed by atoms with Crippen molar-refractivity contribution in [3.05, 3.63) is 82.4 Å². The average Bonchev–Trinajstić information content (AvgIpc) is 3.39. The smallest absolute Gasteiger partial charge is 0.335 e. The lowest BCUT2D eigenvalue weighted by Gasteiger charge is -2.11. The Kier molecular flexibility index (Phi) is 5.86. The Hall–Kier alpha value is -3.42. The third-order valence-electron chi connectivity index (χ3n) is 5.93. The highest BCUT2D eigenvalue weighted by Gasteiger charge is 2.25. The SMILES string of the molecule is Cc1cc(-c2ccc(C(=O)O)cc2)ccc1-n1c(=O)n(C2CCNC2)c2ncccc21.Cl. The van der Waals surface area contributed by atoms with Crippen molar-refractivity contribution >= 4 is 29.5 Å². The minimum Gasteiger partial charge on any atom is -0.478 e. The molecule has 2 aromatic heterocycles. The minimum absolute atomic E-state index is 0. The van der Waals surface area contributed by atoms with Gasteiger partial charge in [-0.1, -0.05) is 18.2 Å². The van der Waals surface area contributed by atoms with E-state index in [1.165, 1.54) is 0 Å². The van der Waals surface area contributed by atoms with E-state index in [1.807, 2.05) is 41.8 Å². The third-order valence-corrected chi connectivity index (χ3v) is 5.93. The van der Waals surface area contributed by atoms with Gasteiger partial charge in [0.2, 0.25) is 0 Å². The van der Waals surface area contributed by atoms with Gasteiger partial charge in [0.25, 0.3) is 0 Å². The van der Waals surface area contributed by atoms with Crippen LogP contribution < -0.4 is 11.0 Å². The fourth-order valence-corrected chi connectivity index (χ4v) is 4.36. The van der Waals surface area contributed by atoms with Crippen molar-refractivity contribution in [2.75, 3.05) is 13.1 Å². The van der Waals surface area contributed by atoms with E-state index in [-0.39, 0.29) is 29.7 Å². The van der Waals surface area contributed by atoms with Crippen molar-refractivity contribution in [3.8, 4) is 16.8 Å². The first-order valence-electron chi connectivity index (χ1n) is 10.3. The molecule has 8 heteroatoms. The van der Waals surface area contributed by atoms with Crippen LogP contribution in [0.15, 0.2) is 65.6 Å². The number of fused-ring (bicyclic) bond motifs is 1. The zero-order valence-corrected chi connectivity index (χ0v) is 18.3. The van der Waals surface area contributed by atoms with Gasteiger partial charge >= 0.3 is 11.7 Å². The van der Waals surface area contributed by atoms with E-state index in [1.54, 1.807) is 35.0 Å². The van der Waals surface area contributed by atoms with Crippen molar-refractivity contribution in [2.24, 2.45) is 0 Å². The molecule has 164 valence electrons. The Bertz CT molecular complexity index is 1350. The van der Waals surface area contributed by atoms with E-state index < -0.39 is 5.97 Å². The number of nitrogens with zero attached hydrogens (tertiary/aromatic N) is 3. The molecule has 5 rings (SSSR count). The first-order chi connectivity index (χ1) is 15.0. The molecule has 1 aliphatic heterocycles. The lowest BCUT2D eigenvalue weighted by Crippen LogP contribution is -2.28. The number of pyridine rings is 1. The summed E-state index contributed by atoms with van der Waals surface area (Å²) in [4.78, 5) is 29.1. The number of aromatic carboxylic acids is 1. The van der Waals surface area contributed by atoms with Gasteiger partial charge in [-0.25, -0.2) is 14.6 Å². The normalized spacial score (nSPS) is 15.6. The molecule has 4 aromatic rings. The number of nitrogens with one attached hydrogen (secondary N) is 1. The number of carboxylic acid groups (broad SMARTS) is 1. The molecule has 1 unspecified atom stereocenters. The van der Waals surface area contributed by atoms with E-state index in [2.05, 4.69) is 10.3 Å². The second-order valence-corrected chi connectivity index (χ2v) is 7.86. The Morgan fingerprint density at radius 2 is 1.88 bits per heavy atom. The van der Waals surface area contributed by atoms with Crippen molar-refractivity contribution in [2.45, 2.75) is 19.4 Å². The second-order valence-electron chi connectivity index (χ2n) is 7.86. The summed E-state index contributed by atoms with van der Waals surface area (Å²) in [5, 5.41) is 12.4. The molecule has 2 N–H and O–H groups in total. The van der Waals surface area contributed by atoms with Crippen molar-refractivity contribution in [1.29, 1.82) is 0 Å². The number of carboxylic acids is 1. The van der Waals surface area contributed by atoms with E-state index >= 15 is 0 Å². The molecule has 1 atom stereocenters. The number of benzene rings is 2. The summed E-state index contributed by atoms with van der Waals surface area (Å²) >= 11 is 0. The minimum atomic E-state index is -0.945. The van der Waals surface area contributed by atoms with Crippen LogP contribution in [0.4, 0.5) is 0 Å². The van der Waals surface area contributed by atoms with Crippen LogP contribution in [-0.2, 0) is 0 Å². The zero-order chi connectivity index (χ0) is 21.5. The predicted molar refractivity (Wildman–Crippen MR) is 126 cm³/mol. The summed E-state index contributed by atoms with van der Waals surface area (Å²) in [5.41, 5.74) is 5.33. The van der Waals surface area contributed by atoms with Crippen LogP contribution in [0.2, 0.25) is 0 Å². The highest BCUT2D eigenvalue weighted by atomic mass is 35.5. The van der Waals surface area contributed by atoms with Gasteiger partial charge in [-0.15, -0.1) is 12.4 Å². The van der Waals surface area contributed by atoms with Crippen molar-refractivity contribution in [3.63, 3.8) is 0 Å². The quantitative estimate of drug-likeness (QED) is 0.493. The van der Waals surface area contributed by atoms with Crippen LogP contribution in [0.25, 0.3) is 28.0 Å². The van der Waals surface area contributed by atoms with Crippen LogP contribution in [0.1, 0.15) is 28.4 Å². The Labute approximate surface area is 190 Å². The first-order valence-corrected chi connectivity index (χ1v) is 10.3. The Balaban J connectivity index is 0.00000245. The fraction of sp³-hybridized carbons (Fsp3) is 0.208. The molecule has 0 amide bonds. The van der Waals surface area contributed by atoms with Crippen molar-refractivity contribution in [1.82, 2.24) is 19.4 Å². The summed E-state index contributed by atoms with van der Waals surface area (Å²) in [6.45, 7) is 3.64. The molecule has 0 saturated carbocycles. The Morgan fingerprint density at radius 3 is 2.53 bits per heavy atom. The molecule has 0 radical (unpaired) electrons. The van der Waals surface area contributed by atoms with Crippen LogP contribution in [0.3, 0.4) is 0 Å². The van der Waals surface area contributed by atoms with Gasteiger partial charge in [0.05, 0.1) is 22.8 Å². The van der Waals surface area contributed by atoms with E-state index in [4.69, 9.17) is 5.11 Å². The molecule has 3 heterocycles. The molecule has 1 aliphatic rings. The van der Waals surface area contributed by atoms with Crippen LogP contribution in [0.5, 0.6) is 0 Å². The van der Waals surface area contributed by atoms with Gasteiger partial charge in [0.1, 0.15) is 0 Å². The van der Waals surface area contributed by atoms with Gasteiger partial charge in [-0.3, -0.25) is 9.13 Å². The fourth-order valence-electron chi connectivity index (χ4n) is 4.36. The number of aryl methyl sites for hydroxylation is 1. The van der Waals surface area contributed by atoms with E-state index in [0.29, 0.717) is 5.65 Å². The van der Waals surface area contributed by atoms with E-state index in [0.717, 1.165) is 47.4 Å². The van der Waals surface area contributed by atoms with Crippen LogP contribution >= 0.6 is 12.4 Å². The number of hydrogen-bond acceptors (Lipinski definition) is 4. The molecule has 0 aliphatic carbocycles. The highest BCUT2D eigenvalue weighted by Crippen LogP contribution is 2.27. The van der Waals surface area contributed by atoms with Crippen molar-refractivity contribution < 1.29 is 9.90 Å². The number of halogens is 1. The van der Waals surface area contributed by atoms with Gasteiger partial charge in [-0.2, -0.15) is 0 Å². The number of imidazole rings is 1.